The second-order valence-corrected chi connectivity index (χ2v) is 7.36. The summed E-state index contributed by atoms with van der Waals surface area (Å²) in [5, 5.41) is 16.1. The molecule has 2 aliphatic heterocycles. The highest BCUT2D eigenvalue weighted by Gasteiger charge is 2.51. The number of carboxylic acid groups (broad SMARTS) is 1. The van der Waals surface area contributed by atoms with Crippen molar-refractivity contribution in [3.63, 3.8) is 0 Å². The molecule has 0 amide bonds. The smallest absolute Gasteiger partial charge is 0.457 e. The van der Waals surface area contributed by atoms with E-state index in [1.54, 1.807) is 0 Å². The highest BCUT2D eigenvalue weighted by molar-refractivity contribution is 6.45. The molecule has 2 rings (SSSR count). The van der Waals surface area contributed by atoms with Gasteiger partial charge in [-0.25, -0.2) is 0 Å². The minimum Gasteiger partial charge on any atom is -0.481 e. The highest BCUT2D eigenvalue weighted by Crippen LogP contribution is 2.39. The Balaban J connectivity index is 1.92. The molecule has 0 aliphatic carbocycles. The Kier molecular flexibility index (Phi) is 4.96. The van der Waals surface area contributed by atoms with E-state index in [0.29, 0.717) is 19.3 Å². The van der Waals surface area contributed by atoms with Gasteiger partial charge in [0.05, 0.1) is 11.2 Å². The van der Waals surface area contributed by atoms with Gasteiger partial charge < -0.3 is 19.7 Å². The number of azide groups is 1. The van der Waals surface area contributed by atoms with Crippen LogP contribution in [-0.4, -0.2) is 48.0 Å². The van der Waals surface area contributed by atoms with Crippen LogP contribution in [0.5, 0.6) is 0 Å². The summed E-state index contributed by atoms with van der Waals surface area (Å²) in [4.78, 5) is 14.3. The molecule has 128 valence electrons. The van der Waals surface area contributed by atoms with Gasteiger partial charge in [-0.05, 0) is 58.4 Å². The van der Waals surface area contributed by atoms with Crippen molar-refractivity contribution >= 4 is 13.1 Å². The largest absolute Gasteiger partial charge is 0.481 e. The van der Waals surface area contributed by atoms with Crippen LogP contribution in [0.2, 0.25) is 6.32 Å². The van der Waals surface area contributed by atoms with E-state index in [9.17, 15) is 9.90 Å². The summed E-state index contributed by atoms with van der Waals surface area (Å²) in [7, 11) is -0.284. The average Bonchev–Trinajstić information content (AvgIpc) is 2.90. The van der Waals surface area contributed by atoms with E-state index in [1.807, 2.05) is 27.7 Å². The number of hydrogen-bond acceptors (Lipinski definition) is 5. The number of hydrogen-bond donors (Lipinski definition) is 2. The molecule has 2 aliphatic rings. The second-order valence-electron chi connectivity index (χ2n) is 7.36. The fraction of sp³-hybridized carbons (Fsp3) is 0.929. The fourth-order valence-corrected chi connectivity index (χ4v) is 3.19. The van der Waals surface area contributed by atoms with Gasteiger partial charge in [-0.3, -0.25) is 4.79 Å². The molecule has 2 saturated heterocycles. The van der Waals surface area contributed by atoms with E-state index < -0.39 is 11.5 Å². The van der Waals surface area contributed by atoms with Gasteiger partial charge in [0.2, 0.25) is 0 Å². The normalized spacial score (nSPS) is 31.8. The van der Waals surface area contributed by atoms with Crippen LogP contribution in [0.25, 0.3) is 10.4 Å². The van der Waals surface area contributed by atoms with Crippen LogP contribution >= 0.6 is 0 Å². The molecule has 0 bridgehead atoms. The molecule has 23 heavy (non-hydrogen) atoms. The van der Waals surface area contributed by atoms with E-state index in [-0.39, 0.29) is 30.8 Å². The topological polar surface area (TPSA) is 117 Å². The summed E-state index contributed by atoms with van der Waals surface area (Å²) in [6.07, 6.45) is 2.08. The van der Waals surface area contributed by atoms with E-state index >= 15 is 0 Å². The third-order valence-corrected chi connectivity index (χ3v) is 5.35. The Labute approximate surface area is 136 Å². The fourth-order valence-electron chi connectivity index (χ4n) is 3.19. The van der Waals surface area contributed by atoms with Gasteiger partial charge in [0.1, 0.15) is 0 Å². The zero-order valence-corrected chi connectivity index (χ0v) is 14.2. The third kappa shape index (κ3) is 3.33. The molecule has 0 spiro atoms. The summed E-state index contributed by atoms with van der Waals surface area (Å²) in [6, 6.07) is 0. The average molecular weight is 324 g/mol. The monoisotopic (exact) mass is 324 g/mol. The van der Waals surface area contributed by atoms with Gasteiger partial charge >= 0.3 is 13.1 Å². The first-order valence-electron chi connectivity index (χ1n) is 8.01. The lowest BCUT2D eigenvalue weighted by Gasteiger charge is -2.32. The first-order chi connectivity index (χ1) is 10.6. The van der Waals surface area contributed by atoms with Crippen LogP contribution in [0.1, 0.15) is 40.5 Å². The van der Waals surface area contributed by atoms with Crippen molar-refractivity contribution in [2.75, 3.05) is 13.1 Å². The zero-order valence-electron chi connectivity index (χ0n) is 14.2. The number of carboxylic acids is 1. The molecule has 0 aromatic carbocycles. The molecular weight excluding hydrogens is 299 g/mol. The first-order valence-corrected chi connectivity index (χ1v) is 8.01. The maximum absolute atomic E-state index is 11.6. The van der Waals surface area contributed by atoms with Crippen LogP contribution in [0.3, 0.4) is 0 Å². The number of aliphatic carboxylic acids is 1. The van der Waals surface area contributed by atoms with Gasteiger partial charge in [0, 0.05) is 11.5 Å². The Hall–Kier alpha value is -1.28. The van der Waals surface area contributed by atoms with Crippen LogP contribution in [0.15, 0.2) is 5.11 Å². The molecule has 0 aromatic heterocycles. The third-order valence-electron chi connectivity index (χ3n) is 5.35. The molecule has 2 N–H and O–H groups in total. The number of rotatable bonds is 6. The number of nitrogens with zero attached hydrogens (tertiary/aromatic N) is 3. The Bertz CT molecular complexity index is 501. The molecule has 8 nitrogen and oxygen atoms in total. The van der Waals surface area contributed by atoms with Gasteiger partial charge in [-0.15, -0.1) is 0 Å². The van der Waals surface area contributed by atoms with Gasteiger partial charge in [-0.2, -0.15) is 0 Å². The van der Waals surface area contributed by atoms with E-state index in [2.05, 4.69) is 15.3 Å². The first kappa shape index (κ1) is 18.1. The summed E-state index contributed by atoms with van der Waals surface area (Å²) in [6.45, 7) is 8.73. The van der Waals surface area contributed by atoms with Crippen LogP contribution < -0.4 is 5.32 Å². The van der Waals surface area contributed by atoms with Gasteiger partial charge in [-0.1, -0.05) is 11.5 Å². The van der Waals surface area contributed by atoms with Crippen molar-refractivity contribution in [2.24, 2.45) is 11.0 Å². The van der Waals surface area contributed by atoms with Crippen LogP contribution in [0.4, 0.5) is 0 Å². The molecule has 0 radical (unpaired) electrons. The van der Waals surface area contributed by atoms with Crippen molar-refractivity contribution in [2.45, 2.75) is 63.6 Å². The summed E-state index contributed by atoms with van der Waals surface area (Å²) < 4.78 is 11.9. The second kappa shape index (κ2) is 6.32. The lowest BCUT2D eigenvalue weighted by Crippen LogP contribution is -2.44. The zero-order chi connectivity index (χ0) is 17.3. The number of carbonyl (C=O) groups is 1. The molecule has 0 unspecified atom stereocenters. The molecule has 0 saturated carbocycles. The molecule has 0 aromatic rings. The van der Waals surface area contributed by atoms with Gasteiger partial charge in [0.15, 0.2) is 5.54 Å². The molecule has 2 heterocycles. The lowest BCUT2D eigenvalue weighted by atomic mass is 9.78. The quantitative estimate of drug-likeness (QED) is 0.336. The SMILES string of the molecule is CC1(C)OB(CCC[C@H]2CNC[C@@]2(N=[N+]=[N-])C(=O)O)OC1(C)C. The van der Waals surface area contributed by atoms with Crippen LogP contribution in [0, 0.1) is 5.92 Å². The van der Waals surface area contributed by atoms with Crippen molar-refractivity contribution in [1.82, 2.24) is 5.32 Å². The predicted molar refractivity (Wildman–Crippen MR) is 86.0 cm³/mol. The summed E-state index contributed by atoms with van der Waals surface area (Å²) in [5.41, 5.74) is 6.60. The molecule has 2 atom stereocenters. The molecule has 9 heteroatoms. The van der Waals surface area contributed by atoms with Crippen molar-refractivity contribution in [3.8, 4) is 0 Å². The lowest BCUT2D eigenvalue weighted by molar-refractivity contribution is -0.144. The van der Waals surface area contributed by atoms with E-state index in [4.69, 9.17) is 14.8 Å². The predicted octanol–water partition coefficient (Wildman–Crippen LogP) is 2.21. The van der Waals surface area contributed by atoms with Crippen LogP contribution in [-0.2, 0) is 14.1 Å². The highest BCUT2D eigenvalue weighted by atomic mass is 16.7. The molecule has 2 fully saturated rings. The molecular formula is C14H25BN4O4. The van der Waals surface area contributed by atoms with Crippen molar-refractivity contribution < 1.29 is 19.2 Å². The summed E-state index contributed by atoms with van der Waals surface area (Å²) in [5.74, 6) is -1.29. The number of nitrogens with one attached hydrogen (secondary N) is 1. The van der Waals surface area contributed by atoms with Crippen molar-refractivity contribution in [3.05, 3.63) is 10.4 Å². The maximum Gasteiger partial charge on any atom is 0.457 e. The summed E-state index contributed by atoms with van der Waals surface area (Å²) >= 11 is 0. The van der Waals surface area contributed by atoms with Gasteiger partial charge in [0.25, 0.3) is 0 Å². The Morgan fingerprint density at radius 1 is 1.39 bits per heavy atom. The minimum absolute atomic E-state index is 0.174. The Morgan fingerprint density at radius 3 is 2.52 bits per heavy atom. The van der Waals surface area contributed by atoms with Crippen molar-refractivity contribution in [1.29, 1.82) is 0 Å². The van der Waals surface area contributed by atoms with E-state index in [0.717, 1.165) is 6.42 Å². The minimum atomic E-state index is -1.38. The Morgan fingerprint density at radius 2 is 2.00 bits per heavy atom. The maximum atomic E-state index is 11.6. The van der Waals surface area contributed by atoms with E-state index in [1.165, 1.54) is 0 Å². The standard InChI is InChI=1S/C14H25BN4O4/c1-12(2)13(3,4)23-15(22-12)7-5-6-10-8-17-9-14(10,11(20)21)18-19-16/h10,17H,5-9H2,1-4H3,(H,20,21)/t10-,14-/m0/s1.